The number of anilines is 1. The van der Waals surface area contributed by atoms with Crippen LogP contribution in [-0.2, 0) is 0 Å². The van der Waals surface area contributed by atoms with E-state index in [-0.39, 0.29) is 23.0 Å². The van der Waals surface area contributed by atoms with Gasteiger partial charge in [-0.25, -0.2) is 0 Å². The maximum atomic E-state index is 12.4. The monoisotopic (exact) mass is 395 g/mol. The molecular formula is C22H25N3O2S. The highest BCUT2D eigenvalue weighted by Gasteiger charge is 2.16. The van der Waals surface area contributed by atoms with Gasteiger partial charge in [-0.15, -0.1) is 0 Å². The van der Waals surface area contributed by atoms with Crippen molar-refractivity contribution < 1.29 is 9.59 Å². The first-order valence-electron chi connectivity index (χ1n) is 9.61. The first-order chi connectivity index (χ1) is 13.5. The second-order valence-electron chi connectivity index (χ2n) is 7.16. The van der Waals surface area contributed by atoms with Gasteiger partial charge in [-0.05, 0) is 68.4 Å². The van der Waals surface area contributed by atoms with Gasteiger partial charge in [0.15, 0.2) is 5.11 Å². The van der Waals surface area contributed by atoms with Crippen LogP contribution in [0.3, 0.4) is 0 Å². The van der Waals surface area contributed by atoms with Crippen LogP contribution >= 0.6 is 12.2 Å². The van der Waals surface area contributed by atoms with E-state index in [0.29, 0.717) is 16.8 Å². The maximum absolute atomic E-state index is 12.4. The quantitative estimate of drug-likeness (QED) is 0.679. The average molecular weight is 396 g/mol. The lowest BCUT2D eigenvalue weighted by atomic mass is 9.95. The minimum atomic E-state index is -0.263. The third kappa shape index (κ3) is 5.63. The summed E-state index contributed by atoms with van der Waals surface area (Å²) in [7, 11) is 0. The van der Waals surface area contributed by atoms with Crippen molar-refractivity contribution in [2.75, 3.05) is 5.32 Å². The molecule has 0 saturated heterocycles. The normalized spacial score (nSPS) is 14.2. The van der Waals surface area contributed by atoms with Crippen molar-refractivity contribution in [3.05, 3.63) is 65.2 Å². The molecule has 6 heteroatoms. The fourth-order valence-electron chi connectivity index (χ4n) is 3.26. The molecule has 0 unspecified atom stereocenters. The number of rotatable bonds is 4. The van der Waals surface area contributed by atoms with Gasteiger partial charge in [0.05, 0.1) is 0 Å². The molecule has 0 aliphatic heterocycles. The van der Waals surface area contributed by atoms with E-state index < -0.39 is 0 Å². The summed E-state index contributed by atoms with van der Waals surface area (Å²) in [5.74, 6) is -0.310. The maximum Gasteiger partial charge on any atom is 0.257 e. The van der Waals surface area contributed by atoms with Crippen LogP contribution in [0.25, 0.3) is 0 Å². The van der Waals surface area contributed by atoms with Crippen molar-refractivity contribution in [3.8, 4) is 0 Å². The Morgan fingerprint density at radius 1 is 0.857 bits per heavy atom. The van der Waals surface area contributed by atoms with E-state index in [9.17, 15) is 9.59 Å². The molecule has 28 heavy (non-hydrogen) atoms. The number of amides is 2. The van der Waals surface area contributed by atoms with Crippen LogP contribution in [0.1, 0.15) is 58.4 Å². The van der Waals surface area contributed by atoms with E-state index >= 15 is 0 Å². The number of benzene rings is 2. The smallest absolute Gasteiger partial charge is 0.257 e. The molecular weight excluding hydrogens is 370 g/mol. The number of hydrogen-bond donors (Lipinski definition) is 3. The minimum absolute atomic E-state index is 0.0475. The van der Waals surface area contributed by atoms with Gasteiger partial charge < -0.3 is 10.6 Å². The first kappa shape index (κ1) is 20.0. The highest BCUT2D eigenvalue weighted by atomic mass is 32.1. The Morgan fingerprint density at radius 2 is 1.43 bits per heavy atom. The fourth-order valence-corrected chi connectivity index (χ4v) is 3.47. The Kier molecular flexibility index (Phi) is 6.76. The molecule has 2 aromatic carbocycles. The lowest BCUT2D eigenvalue weighted by molar-refractivity contribution is 0.0926. The molecule has 0 heterocycles. The molecule has 5 nitrogen and oxygen atoms in total. The van der Waals surface area contributed by atoms with E-state index in [4.69, 9.17) is 12.2 Å². The standard InChI is InChI=1S/C22H25N3O2S/c1-15-7-9-16(10-8-15)21(27)25-22(28)24-19-13-11-17(12-14-19)20(26)23-18-5-3-2-4-6-18/h7-14,18H,2-6H2,1H3,(H,23,26)(H2,24,25,27,28). The third-order valence-corrected chi connectivity index (χ3v) is 5.09. The summed E-state index contributed by atoms with van der Waals surface area (Å²) < 4.78 is 0. The largest absolute Gasteiger partial charge is 0.349 e. The zero-order chi connectivity index (χ0) is 19.9. The molecule has 0 atom stereocenters. The molecule has 2 amide bonds. The molecule has 1 fully saturated rings. The minimum Gasteiger partial charge on any atom is -0.349 e. The van der Waals surface area contributed by atoms with Gasteiger partial charge in [0.25, 0.3) is 11.8 Å². The summed E-state index contributed by atoms with van der Waals surface area (Å²) >= 11 is 5.21. The Hall–Kier alpha value is -2.73. The van der Waals surface area contributed by atoms with Gasteiger partial charge >= 0.3 is 0 Å². The zero-order valence-corrected chi connectivity index (χ0v) is 16.8. The van der Waals surface area contributed by atoms with Crippen molar-refractivity contribution in [3.63, 3.8) is 0 Å². The Balaban J connectivity index is 1.51. The molecule has 0 radical (unpaired) electrons. The summed E-state index contributed by atoms with van der Waals surface area (Å²) in [6.45, 7) is 1.97. The highest BCUT2D eigenvalue weighted by molar-refractivity contribution is 7.80. The predicted octanol–water partition coefficient (Wildman–Crippen LogP) is 4.18. The number of nitrogens with one attached hydrogen (secondary N) is 3. The SMILES string of the molecule is Cc1ccc(C(=O)NC(=S)Nc2ccc(C(=O)NC3CCCCC3)cc2)cc1. The molecule has 1 aliphatic carbocycles. The van der Waals surface area contributed by atoms with Gasteiger partial charge in [0.1, 0.15) is 0 Å². The number of thiocarbonyl (C=S) groups is 1. The van der Waals surface area contributed by atoms with Gasteiger partial charge in [0.2, 0.25) is 0 Å². The van der Waals surface area contributed by atoms with E-state index in [1.54, 1.807) is 36.4 Å². The van der Waals surface area contributed by atoms with Crippen molar-refractivity contribution in [2.45, 2.75) is 45.1 Å². The number of aryl methyl sites for hydroxylation is 1. The molecule has 3 N–H and O–H groups in total. The third-order valence-electron chi connectivity index (χ3n) is 4.89. The summed E-state index contributed by atoms with van der Waals surface area (Å²) in [5.41, 5.74) is 2.96. The second-order valence-corrected chi connectivity index (χ2v) is 7.57. The number of hydrogen-bond acceptors (Lipinski definition) is 3. The van der Waals surface area contributed by atoms with Crippen LogP contribution in [-0.4, -0.2) is 23.0 Å². The summed E-state index contributed by atoms with van der Waals surface area (Å²) in [6.07, 6.45) is 5.73. The molecule has 0 aromatic heterocycles. The summed E-state index contributed by atoms with van der Waals surface area (Å²) in [4.78, 5) is 24.6. The van der Waals surface area contributed by atoms with Crippen molar-refractivity contribution in [1.82, 2.24) is 10.6 Å². The first-order valence-corrected chi connectivity index (χ1v) is 10.0. The van der Waals surface area contributed by atoms with Crippen LogP contribution in [0.15, 0.2) is 48.5 Å². The Morgan fingerprint density at radius 3 is 2.07 bits per heavy atom. The lowest BCUT2D eigenvalue weighted by Crippen LogP contribution is -2.36. The van der Waals surface area contributed by atoms with E-state index in [1.165, 1.54) is 19.3 Å². The Labute approximate surface area is 170 Å². The van der Waals surface area contributed by atoms with E-state index in [1.807, 2.05) is 19.1 Å². The highest BCUT2D eigenvalue weighted by Crippen LogP contribution is 2.18. The van der Waals surface area contributed by atoms with Crippen LogP contribution in [0, 0.1) is 6.92 Å². The number of carbonyl (C=O) groups excluding carboxylic acids is 2. The topological polar surface area (TPSA) is 70.2 Å². The summed E-state index contributed by atoms with van der Waals surface area (Å²) in [5, 5.41) is 8.94. The molecule has 3 rings (SSSR count). The molecule has 146 valence electrons. The van der Waals surface area contributed by atoms with E-state index in [0.717, 1.165) is 18.4 Å². The van der Waals surface area contributed by atoms with Crippen LogP contribution in [0.2, 0.25) is 0 Å². The van der Waals surface area contributed by atoms with Crippen molar-refractivity contribution >= 4 is 34.8 Å². The van der Waals surface area contributed by atoms with Gasteiger partial charge in [-0.3, -0.25) is 14.9 Å². The van der Waals surface area contributed by atoms with Gasteiger partial charge in [-0.2, -0.15) is 0 Å². The van der Waals surface area contributed by atoms with Crippen LogP contribution < -0.4 is 16.0 Å². The van der Waals surface area contributed by atoms with Crippen molar-refractivity contribution in [1.29, 1.82) is 0 Å². The van der Waals surface area contributed by atoms with Crippen molar-refractivity contribution in [2.24, 2.45) is 0 Å². The van der Waals surface area contributed by atoms with Crippen LogP contribution in [0.4, 0.5) is 5.69 Å². The molecule has 0 bridgehead atoms. The zero-order valence-electron chi connectivity index (χ0n) is 16.0. The molecule has 0 spiro atoms. The molecule has 1 saturated carbocycles. The van der Waals surface area contributed by atoms with Gasteiger partial charge in [-0.1, -0.05) is 37.0 Å². The number of carbonyl (C=O) groups is 2. The second kappa shape index (κ2) is 9.46. The Bertz CT molecular complexity index is 841. The van der Waals surface area contributed by atoms with Gasteiger partial charge in [0, 0.05) is 22.9 Å². The molecule has 1 aliphatic rings. The summed E-state index contributed by atoms with van der Waals surface area (Å²) in [6, 6.07) is 14.6. The van der Waals surface area contributed by atoms with Crippen LogP contribution in [0.5, 0.6) is 0 Å². The van der Waals surface area contributed by atoms with E-state index in [2.05, 4.69) is 16.0 Å². The fraction of sp³-hybridized carbons (Fsp3) is 0.318. The molecule has 2 aromatic rings. The lowest BCUT2D eigenvalue weighted by Gasteiger charge is -2.22. The average Bonchev–Trinajstić information content (AvgIpc) is 2.69. The predicted molar refractivity (Wildman–Crippen MR) is 116 cm³/mol.